The monoisotopic (exact) mass is 237 g/mol. The molecule has 2 N–H and O–H groups in total. The lowest BCUT2D eigenvalue weighted by molar-refractivity contribution is -0.133. The number of carbonyl (C=O) groups excluding carboxylic acids is 1. The van der Waals surface area contributed by atoms with Gasteiger partial charge in [0.15, 0.2) is 0 Å². The summed E-state index contributed by atoms with van der Waals surface area (Å²) in [4.78, 5) is 14.5. The van der Waals surface area contributed by atoms with Crippen LogP contribution >= 0.6 is 0 Å². The lowest BCUT2D eigenvalue weighted by Gasteiger charge is -2.41. The number of hydrogen-bond acceptors (Lipinski definition) is 3. The molecule has 0 unspecified atom stereocenters. The van der Waals surface area contributed by atoms with E-state index < -0.39 is 11.1 Å². The van der Waals surface area contributed by atoms with E-state index in [0.29, 0.717) is 0 Å². The first kappa shape index (κ1) is 14.0. The number of hydrogen-bond donors (Lipinski definition) is 2. The molecule has 0 saturated carbocycles. The topological polar surface area (TPSA) is 44.4 Å². The zero-order chi connectivity index (χ0) is 13.1. The maximum absolute atomic E-state index is 12.3. The van der Waals surface area contributed by atoms with Crippen molar-refractivity contribution in [2.24, 2.45) is 0 Å². The number of terminal acetylenes is 1. The largest absolute Gasteiger partial charge is 0.339 e. The summed E-state index contributed by atoms with van der Waals surface area (Å²) in [5.74, 6) is 2.57. The molecule has 1 amide bonds. The minimum atomic E-state index is -0.595. The van der Waals surface area contributed by atoms with Crippen molar-refractivity contribution in [1.29, 1.82) is 0 Å². The Kier molecular flexibility index (Phi) is 4.18. The third kappa shape index (κ3) is 3.45. The maximum atomic E-state index is 12.3. The Hall–Kier alpha value is -1.05. The lowest BCUT2D eigenvalue weighted by atomic mass is 9.97. The number of amides is 1. The van der Waals surface area contributed by atoms with E-state index in [1.54, 1.807) is 0 Å². The zero-order valence-electron chi connectivity index (χ0n) is 11.3. The van der Waals surface area contributed by atoms with Crippen molar-refractivity contribution in [2.45, 2.75) is 38.8 Å². The van der Waals surface area contributed by atoms with Gasteiger partial charge in [-0.3, -0.25) is 9.69 Å². The van der Waals surface area contributed by atoms with E-state index in [1.807, 2.05) is 27.7 Å². The summed E-state index contributed by atoms with van der Waals surface area (Å²) in [5, 5.41) is 6.19. The van der Waals surface area contributed by atoms with E-state index in [2.05, 4.69) is 21.5 Å². The molecule has 0 atom stereocenters. The minimum Gasteiger partial charge on any atom is -0.339 e. The van der Waals surface area contributed by atoms with Crippen LogP contribution in [0.2, 0.25) is 0 Å². The molecule has 0 bridgehead atoms. The highest BCUT2D eigenvalue weighted by Crippen LogP contribution is 2.16. The van der Waals surface area contributed by atoms with Gasteiger partial charge in [0.2, 0.25) is 5.91 Å². The van der Waals surface area contributed by atoms with Crippen LogP contribution in [0, 0.1) is 12.3 Å². The quantitative estimate of drug-likeness (QED) is 0.689. The molecule has 1 aliphatic heterocycles. The SMILES string of the molecule is C#CC(C)(C)NC(=O)C(C)(C)N1CCNCC1. The smallest absolute Gasteiger partial charge is 0.241 e. The summed E-state index contributed by atoms with van der Waals surface area (Å²) in [6, 6.07) is 0. The first-order valence-corrected chi connectivity index (χ1v) is 6.06. The third-order valence-electron chi connectivity index (χ3n) is 3.25. The van der Waals surface area contributed by atoms with Crippen molar-refractivity contribution >= 4 is 5.91 Å². The highest BCUT2D eigenvalue weighted by atomic mass is 16.2. The summed E-state index contributed by atoms with van der Waals surface area (Å²) >= 11 is 0. The fourth-order valence-electron chi connectivity index (χ4n) is 1.84. The molecule has 17 heavy (non-hydrogen) atoms. The Morgan fingerprint density at radius 3 is 2.29 bits per heavy atom. The van der Waals surface area contributed by atoms with Crippen molar-refractivity contribution < 1.29 is 4.79 Å². The molecule has 1 aliphatic rings. The maximum Gasteiger partial charge on any atom is 0.241 e. The van der Waals surface area contributed by atoms with Gasteiger partial charge in [-0.25, -0.2) is 0 Å². The number of carbonyl (C=O) groups is 1. The van der Waals surface area contributed by atoms with Gasteiger partial charge in [0.1, 0.15) is 0 Å². The Morgan fingerprint density at radius 2 is 1.82 bits per heavy atom. The summed E-state index contributed by atoms with van der Waals surface area (Å²) in [7, 11) is 0. The Morgan fingerprint density at radius 1 is 1.29 bits per heavy atom. The van der Waals surface area contributed by atoms with Gasteiger partial charge in [0.25, 0.3) is 0 Å². The molecular weight excluding hydrogens is 214 g/mol. The van der Waals surface area contributed by atoms with Gasteiger partial charge in [0.05, 0.1) is 11.1 Å². The van der Waals surface area contributed by atoms with Crippen molar-refractivity contribution in [2.75, 3.05) is 26.2 Å². The number of piperazine rings is 1. The fourth-order valence-corrected chi connectivity index (χ4v) is 1.84. The molecule has 4 heteroatoms. The van der Waals surface area contributed by atoms with Gasteiger partial charge in [0, 0.05) is 26.2 Å². The highest BCUT2D eigenvalue weighted by molar-refractivity contribution is 5.86. The van der Waals surface area contributed by atoms with Gasteiger partial charge in [-0.05, 0) is 27.7 Å². The Labute approximate surface area is 104 Å². The van der Waals surface area contributed by atoms with E-state index in [0.717, 1.165) is 26.2 Å². The summed E-state index contributed by atoms with van der Waals surface area (Å²) < 4.78 is 0. The normalized spacial score (nSPS) is 18.5. The minimum absolute atomic E-state index is 0.0117. The molecule has 1 rings (SSSR count). The van der Waals surface area contributed by atoms with Crippen LogP contribution in [-0.4, -0.2) is 48.1 Å². The third-order valence-corrected chi connectivity index (χ3v) is 3.25. The molecule has 96 valence electrons. The van der Waals surface area contributed by atoms with Crippen molar-refractivity contribution in [3.8, 4) is 12.3 Å². The van der Waals surface area contributed by atoms with E-state index in [9.17, 15) is 4.79 Å². The van der Waals surface area contributed by atoms with E-state index >= 15 is 0 Å². The predicted molar refractivity (Wildman–Crippen MR) is 69.6 cm³/mol. The Bertz CT molecular complexity index is 322. The molecule has 0 aromatic heterocycles. The molecule has 1 saturated heterocycles. The number of rotatable bonds is 3. The van der Waals surface area contributed by atoms with Crippen LogP contribution in [0.25, 0.3) is 0 Å². The van der Waals surface area contributed by atoms with Gasteiger partial charge in [-0.1, -0.05) is 5.92 Å². The second-order valence-electron chi connectivity index (χ2n) is 5.52. The van der Waals surface area contributed by atoms with Gasteiger partial charge in [-0.2, -0.15) is 0 Å². The summed E-state index contributed by atoms with van der Waals surface area (Å²) in [6.45, 7) is 11.2. The fraction of sp³-hybridized carbons (Fsp3) is 0.769. The molecule has 1 heterocycles. The van der Waals surface area contributed by atoms with Crippen LogP contribution in [0.4, 0.5) is 0 Å². The second-order valence-corrected chi connectivity index (χ2v) is 5.52. The molecule has 0 spiro atoms. The van der Waals surface area contributed by atoms with Crippen molar-refractivity contribution in [1.82, 2.24) is 15.5 Å². The first-order chi connectivity index (χ1) is 7.79. The van der Waals surface area contributed by atoms with Crippen LogP contribution in [0.3, 0.4) is 0 Å². The molecular formula is C13H23N3O. The van der Waals surface area contributed by atoms with Gasteiger partial charge >= 0.3 is 0 Å². The molecule has 0 radical (unpaired) electrons. The number of nitrogens with one attached hydrogen (secondary N) is 2. The predicted octanol–water partition coefficient (Wildman–Crippen LogP) is 0.198. The molecule has 4 nitrogen and oxygen atoms in total. The van der Waals surface area contributed by atoms with E-state index in [1.165, 1.54) is 0 Å². The van der Waals surface area contributed by atoms with Crippen LogP contribution in [0.5, 0.6) is 0 Å². The van der Waals surface area contributed by atoms with E-state index in [4.69, 9.17) is 6.42 Å². The van der Waals surface area contributed by atoms with Crippen LogP contribution in [0.1, 0.15) is 27.7 Å². The zero-order valence-corrected chi connectivity index (χ0v) is 11.3. The molecule has 0 aromatic rings. The van der Waals surface area contributed by atoms with Crippen LogP contribution in [0.15, 0.2) is 0 Å². The van der Waals surface area contributed by atoms with Crippen LogP contribution < -0.4 is 10.6 Å². The molecule has 1 fully saturated rings. The number of nitrogens with zero attached hydrogens (tertiary/aromatic N) is 1. The average molecular weight is 237 g/mol. The van der Waals surface area contributed by atoms with Gasteiger partial charge in [-0.15, -0.1) is 6.42 Å². The highest BCUT2D eigenvalue weighted by Gasteiger charge is 2.37. The summed E-state index contributed by atoms with van der Waals surface area (Å²) in [6.07, 6.45) is 5.39. The van der Waals surface area contributed by atoms with E-state index in [-0.39, 0.29) is 5.91 Å². The standard InChI is InChI=1S/C13H23N3O/c1-6-12(2,3)15-11(17)13(4,5)16-9-7-14-8-10-16/h1,14H,7-10H2,2-5H3,(H,15,17). The van der Waals surface area contributed by atoms with Crippen molar-refractivity contribution in [3.05, 3.63) is 0 Å². The van der Waals surface area contributed by atoms with Crippen LogP contribution in [-0.2, 0) is 4.79 Å². The lowest BCUT2D eigenvalue weighted by Crippen LogP contribution is -2.62. The molecule has 0 aromatic carbocycles. The first-order valence-electron chi connectivity index (χ1n) is 6.06. The molecule has 0 aliphatic carbocycles. The van der Waals surface area contributed by atoms with Crippen molar-refractivity contribution in [3.63, 3.8) is 0 Å². The Balaban J connectivity index is 2.69. The second kappa shape index (κ2) is 5.07. The average Bonchev–Trinajstić information content (AvgIpc) is 2.29. The summed E-state index contributed by atoms with van der Waals surface area (Å²) in [5.41, 5.74) is -1.11. The van der Waals surface area contributed by atoms with Gasteiger partial charge < -0.3 is 10.6 Å².